The Morgan fingerprint density at radius 3 is 1.26 bits per heavy atom. The number of hydrogen-bond acceptors (Lipinski definition) is 17. The Labute approximate surface area is 575 Å². The van der Waals surface area contributed by atoms with Crippen LogP contribution in [0.1, 0.15) is 106 Å². The summed E-state index contributed by atoms with van der Waals surface area (Å²) >= 11 is 0. The van der Waals surface area contributed by atoms with Crippen molar-refractivity contribution in [1.82, 2.24) is 34.9 Å². The lowest BCUT2D eigenvalue weighted by Crippen LogP contribution is -2.52. The van der Waals surface area contributed by atoms with Gasteiger partial charge in [0.05, 0.1) is 65.8 Å². The molecule has 0 bridgehead atoms. The van der Waals surface area contributed by atoms with E-state index >= 15 is 0 Å². The minimum atomic E-state index is -0.915. The smallest absolute Gasteiger partial charge is 0.335 e. The number of nitrogens with zero attached hydrogens (tertiary/aromatic N) is 8. The molecular weight excluding hydrogens is 1280 g/mol. The molecule has 6 aromatic carbocycles. The Morgan fingerprint density at radius 1 is 0.505 bits per heavy atom. The number of carbonyl (C=O) groups is 8. The number of fused-ring (bicyclic) bond motifs is 2. The van der Waals surface area contributed by atoms with E-state index in [-0.39, 0.29) is 94.6 Å². The monoisotopic (exact) mass is 1360 g/mol. The number of furan rings is 2. The van der Waals surface area contributed by atoms with Crippen molar-refractivity contribution >= 4 is 82.4 Å². The largest absolute Gasteiger partial charge is 0.496 e. The lowest BCUT2D eigenvalue weighted by atomic mass is 10.0. The van der Waals surface area contributed by atoms with Crippen molar-refractivity contribution in [2.75, 3.05) is 66.6 Å². The molecule has 4 aliphatic heterocycles. The molecule has 5 amide bonds. The highest BCUT2D eigenvalue weighted by atomic mass is 32.1. The zero-order chi connectivity index (χ0) is 68.1. The fourth-order valence-corrected chi connectivity index (χ4v) is 11.6. The molecule has 0 unspecified atom stereocenters. The molecule has 0 saturated carbocycles. The van der Waals surface area contributed by atoms with Gasteiger partial charge in [-0.05, 0) is 111 Å². The molecule has 8 heterocycles. The molecule has 4 aliphatic rings. The number of methoxy groups -OCH3 is 2. The minimum Gasteiger partial charge on any atom is -0.496 e. The number of aromatic amines is 2. The van der Waals surface area contributed by atoms with Gasteiger partial charge in [-0.15, -0.1) is 0 Å². The van der Waals surface area contributed by atoms with Crippen LogP contribution in [0.25, 0.3) is 44.5 Å². The Balaban J connectivity index is 0.000000182. The Hall–Kier alpha value is -11.8. The Kier molecular flexibility index (Phi) is 21.0. The normalized spacial score (nSPS) is 14.5. The van der Waals surface area contributed by atoms with E-state index in [9.17, 15) is 38.4 Å². The fourth-order valence-electron chi connectivity index (χ4n) is 11.6. The number of Topliss-reactive ketones (excluding diaryl/α,β-unsaturated/α-hetero) is 2. The molecule has 508 valence electrons. The van der Waals surface area contributed by atoms with Gasteiger partial charge < -0.3 is 64.0 Å². The summed E-state index contributed by atoms with van der Waals surface area (Å²) in [5.74, 6) is -0.763. The molecule has 2 fully saturated rings. The molecule has 2 saturated heterocycles. The number of aromatic carboxylic acids is 1. The van der Waals surface area contributed by atoms with Crippen molar-refractivity contribution in [3.05, 3.63) is 226 Å². The van der Waals surface area contributed by atoms with Gasteiger partial charge in [0, 0.05) is 104 Å². The number of ether oxygens (including phenoxy) is 2. The van der Waals surface area contributed by atoms with E-state index in [0.717, 1.165) is 16.7 Å². The van der Waals surface area contributed by atoms with Gasteiger partial charge in [0.15, 0.2) is 0 Å². The maximum Gasteiger partial charge on any atom is 0.335 e. The zero-order valence-corrected chi connectivity index (χ0v) is 54.7. The number of hydrogen-bond donors (Lipinski definition) is 5. The SMILES string of the molecule is C.CC1(c2ccc(C(=O)O)cc2)N=N1.COc1ccc(-c2ccc(CN)o2)c2[nH]cc(C(=O)C(=O)N3CCN(C(=O)c4ccccc4)CC3)c12.COc1ccc(-c2ccc(CNC(=O)c3ccc(C4(C)N=N4)cc3)o2)c2[nH]cc(C(=O)C(=O)N3CCN(C(=O)c4ccccc4)CC3)c12.S. The van der Waals surface area contributed by atoms with Crippen LogP contribution in [0.2, 0.25) is 0 Å². The predicted octanol–water partition coefficient (Wildman–Crippen LogP) is 11.0. The molecule has 10 aromatic rings. The Morgan fingerprint density at radius 2 is 0.889 bits per heavy atom. The van der Waals surface area contributed by atoms with Crippen LogP contribution in [0.3, 0.4) is 0 Å². The number of carboxylic acid groups (broad SMARTS) is 1. The maximum atomic E-state index is 13.6. The van der Waals surface area contributed by atoms with Gasteiger partial charge >= 0.3 is 5.97 Å². The Bertz CT molecular complexity index is 4720. The molecule has 0 spiro atoms. The fraction of sp³-hybridized carbons (Fsp3) is 0.233. The number of rotatable bonds is 17. The average molecular weight is 1360 g/mol. The van der Waals surface area contributed by atoms with E-state index in [1.165, 1.54) is 36.4 Å². The number of carboxylic acids is 1. The van der Waals surface area contributed by atoms with Crippen LogP contribution < -0.4 is 20.5 Å². The highest BCUT2D eigenvalue weighted by Crippen LogP contribution is 2.41. The van der Waals surface area contributed by atoms with E-state index in [2.05, 4.69) is 35.7 Å². The van der Waals surface area contributed by atoms with Crippen LogP contribution in [0, 0.1) is 0 Å². The van der Waals surface area contributed by atoms with E-state index in [1.54, 1.807) is 107 Å². The van der Waals surface area contributed by atoms with E-state index < -0.39 is 40.7 Å². The minimum absolute atomic E-state index is 0. The molecule has 14 rings (SSSR count). The second kappa shape index (κ2) is 29.7. The number of amides is 5. The summed E-state index contributed by atoms with van der Waals surface area (Å²) in [6.45, 7) is 6.64. The summed E-state index contributed by atoms with van der Waals surface area (Å²) in [6.07, 6.45) is 3.03. The molecule has 25 nitrogen and oxygen atoms in total. The quantitative estimate of drug-likeness (QED) is 0.0418. The van der Waals surface area contributed by atoms with Crippen molar-refractivity contribution in [2.24, 2.45) is 26.2 Å². The van der Waals surface area contributed by atoms with Gasteiger partial charge in [-0.2, -0.15) is 34.0 Å². The molecule has 6 N–H and O–H groups in total. The van der Waals surface area contributed by atoms with Crippen LogP contribution in [-0.4, -0.2) is 148 Å². The first-order valence-electron chi connectivity index (χ1n) is 31.1. The van der Waals surface area contributed by atoms with E-state index in [4.69, 9.17) is 29.1 Å². The number of nitrogens with two attached hydrogens (primary N) is 1. The van der Waals surface area contributed by atoms with Crippen molar-refractivity contribution in [2.45, 2.75) is 45.7 Å². The summed E-state index contributed by atoms with van der Waals surface area (Å²) in [4.78, 5) is 115. The molecule has 0 atom stereocenters. The van der Waals surface area contributed by atoms with Gasteiger partial charge in [0.25, 0.3) is 41.1 Å². The molecule has 4 aromatic heterocycles. The van der Waals surface area contributed by atoms with Crippen molar-refractivity contribution in [3.8, 4) is 34.1 Å². The molecular formula is C73H72N12O13S. The molecule has 26 heteroatoms. The van der Waals surface area contributed by atoms with Crippen LogP contribution in [-0.2, 0) is 34.0 Å². The molecule has 0 aliphatic carbocycles. The van der Waals surface area contributed by atoms with Crippen LogP contribution >= 0.6 is 13.5 Å². The number of piperazine rings is 2. The summed E-state index contributed by atoms with van der Waals surface area (Å²) in [5, 5.41) is 28.2. The van der Waals surface area contributed by atoms with Crippen molar-refractivity contribution in [1.29, 1.82) is 0 Å². The van der Waals surface area contributed by atoms with Gasteiger partial charge in [0.2, 0.25) is 11.3 Å². The molecule has 99 heavy (non-hydrogen) atoms. The third-order valence-electron chi connectivity index (χ3n) is 17.3. The molecule has 0 radical (unpaired) electrons. The lowest BCUT2D eigenvalue weighted by Gasteiger charge is -2.34. The van der Waals surface area contributed by atoms with Crippen LogP contribution in [0.15, 0.2) is 199 Å². The van der Waals surface area contributed by atoms with E-state index in [1.807, 2.05) is 74.5 Å². The van der Waals surface area contributed by atoms with Crippen LogP contribution in [0.5, 0.6) is 11.5 Å². The van der Waals surface area contributed by atoms with Gasteiger partial charge in [-0.1, -0.05) is 68.1 Å². The topological polar surface area (TPSA) is 334 Å². The summed E-state index contributed by atoms with van der Waals surface area (Å²) in [5.41, 5.74) is 11.6. The summed E-state index contributed by atoms with van der Waals surface area (Å²) in [6, 6.07) is 46.0. The van der Waals surface area contributed by atoms with Gasteiger partial charge in [0.1, 0.15) is 34.5 Å². The van der Waals surface area contributed by atoms with Gasteiger partial charge in [-0.25, -0.2) is 4.79 Å². The maximum absolute atomic E-state index is 13.6. The summed E-state index contributed by atoms with van der Waals surface area (Å²) in [7, 11) is 3.01. The second-order valence-corrected chi connectivity index (χ2v) is 23.4. The van der Waals surface area contributed by atoms with E-state index in [0.29, 0.717) is 105 Å². The highest BCUT2D eigenvalue weighted by molar-refractivity contribution is 7.59. The second-order valence-electron chi connectivity index (χ2n) is 23.4. The average Bonchev–Trinajstić information content (AvgIpc) is 1.64. The van der Waals surface area contributed by atoms with Crippen molar-refractivity contribution < 1.29 is 61.8 Å². The standard InChI is InChI=1S/C36H32N6O6.C27H26N4O5.C9H8N2O2.CH4.H2S/c1-36(39-40-36)24-10-8-22(9-11-24)33(44)38-20-25-12-14-28(48-25)26-13-15-29(47-2)30-27(21-37-31(26)30)32(43)35(46)42-18-16-41(17-19-42)34(45)23-6-4-3-5-7-23;1-35-22-10-8-19(21-9-7-18(15-28)36-21)24-23(22)20(16-29-24)25(32)27(34)31-13-11-30(12-14-31)26(33)17-5-3-2-4-6-17;1-9(10-11-9)7-4-2-6(3-5-7)8(12)13;;/h3-15,21,37H,16-20H2,1-2H3,(H,38,44);2-10,16,29H,11-15,28H2,1H3;2-5H,1H3,(H,12,13);1H4;1H2. The third kappa shape index (κ3) is 14.8. The number of nitrogens with one attached hydrogen (secondary N) is 3. The predicted molar refractivity (Wildman–Crippen MR) is 372 cm³/mol. The van der Waals surface area contributed by atoms with Crippen LogP contribution in [0.4, 0.5) is 0 Å². The number of carbonyl (C=O) groups excluding carboxylic acids is 7. The van der Waals surface area contributed by atoms with Crippen molar-refractivity contribution in [3.63, 3.8) is 0 Å². The first-order valence-corrected chi connectivity index (χ1v) is 31.1. The number of ketones is 2. The highest BCUT2D eigenvalue weighted by Gasteiger charge is 2.38. The third-order valence-corrected chi connectivity index (χ3v) is 17.3. The summed E-state index contributed by atoms with van der Waals surface area (Å²) < 4.78 is 23.0. The lowest BCUT2D eigenvalue weighted by molar-refractivity contribution is -0.128. The zero-order valence-electron chi connectivity index (χ0n) is 53.7. The number of H-pyrrole nitrogens is 2. The first kappa shape index (κ1) is 70.0. The number of benzene rings is 6. The van der Waals surface area contributed by atoms with Gasteiger partial charge in [-0.3, -0.25) is 33.6 Å². The number of aromatic nitrogens is 2. The first-order chi connectivity index (χ1) is 46.9.